The van der Waals surface area contributed by atoms with Crippen LogP contribution < -0.4 is 14.8 Å². The Balaban J connectivity index is 2.45. The number of nitrogens with one attached hydrogen (secondary N) is 1. The summed E-state index contributed by atoms with van der Waals surface area (Å²) < 4.78 is 10.1. The minimum Gasteiger partial charge on any atom is -0.493 e. The van der Waals surface area contributed by atoms with Crippen LogP contribution in [0.4, 0.5) is 11.4 Å². The van der Waals surface area contributed by atoms with Crippen LogP contribution in [0.3, 0.4) is 0 Å². The highest BCUT2D eigenvalue weighted by molar-refractivity contribution is 6.34. The van der Waals surface area contributed by atoms with E-state index in [9.17, 15) is 14.9 Å². The van der Waals surface area contributed by atoms with Gasteiger partial charge >= 0.3 is 0 Å². The van der Waals surface area contributed by atoms with E-state index in [1.807, 2.05) is 6.92 Å². The van der Waals surface area contributed by atoms with Crippen LogP contribution in [0.15, 0.2) is 30.3 Å². The molecule has 1 amide bonds. The van der Waals surface area contributed by atoms with Gasteiger partial charge in [0.2, 0.25) is 0 Å². The highest BCUT2D eigenvalue weighted by Gasteiger charge is 2.25. The molecular formula is C16H15ClN2O5. The number of amides is 1. The van der Waals surface area contributed by atoms with E-state index in [1.54, 1.807) is 18.2 Å². The summed E-state index contributed by atoms with van der Waals surface area (Å²) in [6.45, 7) is 1.86. The maximum atomic E-state index is 12.5. The fraction of sp³-hybridized carbons (Fsp3) is 0.188. The summed E-state index contributed by atoms with van der Waals surface area (Å²) in [5.41, 5.74) is 0.731. The molecule has 0 aliphatic carbocycles. The molecule has 1 N–H and O–H groups in total. The van der Waals surface area contributed by atoms with E-state index in [-0.39, 0.29) is 17.1 Å². The number of benzene rings is 2. The monoisotopic (exact) mass is 350 g/mol. The molecule has 0 aliphatic heterocycles. The lowest BCUT2D eigenvalue weighted by Crippen LogP contribution is -2.14. The van der Waals surface area contributed by atoms with Crippen molar-refractivity contribution in [3.8, 4) is 11.5 Å². The highest BCUT2D eigenvalue weighted by Crippen LogP contribution is 2.35. The first-order chi connectivity index (χ1) is 11.4. The average molecular weight is 351 g/mol. The number of hydrogen-bond donors (Lipinski definition) is 1. The maximum absolute atomic E-state index is 12.5. The lowest BCUT2D eigenvalue weighted by molar-refractivity contribution is -0.385. The average Bonchev–Trinajstić information content (AvgIpc) is 2.55. The Bertz CT molecular complexity index is 807. The molecule has 0 aliphatic rings. The molecule has 0 atom stereocenters. The smallest absolute Gasteiger partial charge is 0.286 e. The van der Waals surface area contributed by atoms with Crippen molar-refractivity contribution in [1.29, 1.82) is 0 Å². The number of aryl methyl sites for hydroxylation is 1. The largest absolute Gasteiger partial charge is 0.493 e. The van der Waals surface area contributed by atoms with Gasteiger partial charge in [-0.3, -0.25) is 14.9 Å². The second-order valence-corrected chi connectivity index (χ2v) is 5.33. The minimum atomic E-state index is -0.673. The number of rotatable bonds is 5. The maximum Gasteiger partial charge on any atom is 0.286 e. The van der Waals surface area contributed by atoms with Crippen molar-refractivity contribution in [2.24, 2.45) is 0 Å². The molecule has 0 heterocycles. The van der Waals surface area contributed by atoms with Crippen LogP contribution in [0.25, 0.3) is 0 Å². The van der Waals surface area contributed by atoms with Crippen molar-refractivity contribution in [1.82, 2.24) is 0 Å². The third-order valence-electron chi connectivity index (χ3n) is 3.32. The Morgan fingerprint density at radius 1 is 1.17 bits per heavy atom. The highest BCUT2D eigenvalue weighted by atomic mass is 35.5. The molecule has 0 fully saturated rings. The zero-order chi connectivity index (χ0) is 17.9. The lowest BCUT2D eigenvalue weighted by Gasteiger charge is -2.11. The SMILES string of the molecule is COc1cc(C(=O)Nc2ccc(C)cc2Cl)c([N+](=O)[O-])cc1OC. The van der Waals surface area contributed by atoms with Crippen molar-refractivity contribution in [2.75, 3.05) is 19.5 Å². The fourth-order valence-electron chi connectivity index (χ4n) is 2.11. The number of carbonyl (C=O) groups excluding carboxylic acids is 1. The summed E-state index contributed by atoms with van der Waals surface area (Å²) in [5, 5.41) is 14.2. The zero-order valence-corrected chi connectivity index (χ0v) is 14.0. The van der Waals surface area contributed by atoms with Gasteiger partial charge in [-0.25, -0.2) is 0 Å². The predicted molar refractivity (Wildman–Crippen MR) is 90.3 cm³/mol. The predicted octanol–water partition coefficient (Wildman–Crippen LogP) is 3.83. The van der Waals surface area contributed by atoms with Gasteiger partial charge in [-0.05, 0) is 24.6 Å². The molecule has 2 aromatic rings. The normalized spacial score (nSPS) is 10.2. The molecule has 0 radical (unpaired) electrons. The number of ether oxygens (including phenoxy) is 2. The molecule has 7 nitrogen and oxygen atoms in total. The second kappa shape index (κ2) is 7.18. The van der Waals surface area contributed by atoms with Crippen LogP contribution in [-0.2, 0) is 0 Å². The van der Waals surface area contributed by atoms with Crippen molar-refractivity contribution >= 4 is 28.9 Å². The summed E-state index contributed by atoms with van der Waals surface area (Å²) in [4.78, 5) is 23.1. The number of halogens is 1. The van der Waals surface area contributed by atoms with E-state index in [0.29, 0.717) is 10.7 Å². The summed E-state index contributed by atoms with van der Waals surface area (Å²) >= 11 is 6.08. The Labute approximate surface area is 143 Å². The molecule has 0 aromatic heterocycles. The van der Waals surface area contributed by atoms with Gasteiger partial charge in [-0.2, -0.15) is 0 Å². The summed E-state index contributed by atoms with van der Waals surface area (Å²) in [6.07, 6.45) is 0. The van der Waals surface area contributed by atoms with Gasteiger partial charge in [0.05, 0.1) is 35.9 Å². The van der Waals surface area contributed by atoms with Crippen molar-refractivity contribution in [3.63, 3.8) is 0 Å². The van der Waals surface area contributed by atoms with E-state index < -0.39 is 16.5 Å². The molecule has 0 bridgehead atoms. The summed E-state index contributed by atoms with van der Waals surface area (Å²) in [5.74, 6) is -0.300. The van der Waals surface area contributed by atoms with E-state index in [0.717, 1.165) is 11.6 Å². The Kier molecular flexibility index (Phi) is 5.25. The molecule has 2 rings (SSSR count). The van der Waals surface area contributed by atoms with Crippen molar-refractivity contribution in [3.05, 3.63) is 56.6 Å². The first-order valence-electron chi connectivity index (χ1n) is 6.85. The van der Waals surface area contributed by atoms with Gasteiger partial charge in [-0.1, -0.05) is 17.7 Å². The Morgan fingerprint density at radius 3 is 2.33 bits per heavy atom. The molecular weight excluding hydrogens is 336 g/mol. The molecule has 126 valence electrons. The molecule has 0 saturated heterocycles. The summed E-state index contributed by atoms with van der Waals surface area (Å²) in [6, 6.07) is 7.48. The first kappa shape index (κ1) is 17.6. The third-order valence-corrected chi connectivity index (χ3v) is 3.63. The molecule has 0 saturated carbocycles. The van der Waals surface area contributed by atoms with Gasteiger partial charge in [-0.15, -0.1) is 0 Å². The topological polar surface area (TPSA) is 90.7 Å². The van der Waals surface area contributed by atoms with E-state index >= 15 is 0 Å². The van der Waals surface area contributed by atoms with E-state index in [1.165, 1.54) is 20.3 Å². The Hall–Kier alpha value is -2.80. The second-order valence-electron chi connectivity index (χ2n) is 4.92. The van der Waals surface area contributed by atoms with Crippen LogP contribution in [0.1, 0.15) is 15.9 Å². The molecule has 0 unspecified atom stereocenters. The number of anilines is 1. The van der Waals surface area contributed by atoms with Gasteiger partial charge in [0.1, 0.15) is 5.56 Å². The number of nitrogens with zero attached hydrogens (tertiary/aromatic N) is 1. The Morgan fingerprint density at radius 2 is 1.79 bits per heavy atom. The van der Waals surface area contributed by atoms with Crippen LogP contribution >= 0.6 is 11.6 Å². The molecule has 2 aromatic carbocycles. The quantitative estimate of drug-likeness (QED) is 0.653. The van der Waals surface area contributed by atoms with Gasteiger partial charge in [0.15, 0.2) is 11.5 Å². The standard InChI is InChI=1S/C16H15ClN2O5/c1-9-4-5-12(11(17)6-9)18-16(20)10-7-14(23-2)15(24-3)8-13(10)19(21)22/h4-8H,1-3H3,(H,18,20). The van der Waals surface area contributed by atoms with Gasteiger partial charge in [0.25, 0.3) is 11.6 Å². The van der Waals surface area contributed by atoms with Crippen LogP contribution in [0.2, 0.25) is 5.02 Å². The van der Waals surface area contributed by atoms with Gasteiger partial charge in [0, 0.05) is 6.07 Å². The fourth-order valence-corrected chi connectivity index (χ4v) is 2.39. The van der Waals surface area contributed by atoms with Crippen LogP contribution in [-0.4, -0.2) is 25.1 Å². The van der Waals surface area contributed by atoms with Gasteiger partial charge < -0.3 is 14.8 Å². The summed E-state index contributed by atoms with van der Waals surface area (Å²) in [7, 11) is 2.73. The minimum absolute atomic E-state index is 0.158. The molecule has 0 spiro atoms. The molecule has 8 heteroatoms. The van der Waals surface area contributed by atoms with Crippen LogP contribution in [0, 0.1) is 17.0 Å². The third kappa shape index (κ3) is 3.57. The molecule has 24 heavy (non-hydrogen) atoms. The zero-order valence-electron chi connectivity index (χ0n) is 13.3. The van der Waals surface area contributed by atoms with Crippen molar-refractivity contribution in [2.45, 2.75) is 6.92 Å². The number of methoxy groups -OCH3 is 2. The number of nitro benzene ring substituents is 1. The van der Waals surface area contributed by atoms with Crippen molar-refractivity contribution < 1.29 is 19.2 Å². The first-order valence-corrected chi connectivity index (χ1v) is 7.23. The van der Waals surface area contributed by atoms with E-state index in [4.69, 9.17) is 21.1 Å². The number of carbonyl (C=O) groups is 1. The number of nitro groups is 1. The number of hydrogen-bond acceptors (Lipinski definition) is 5. The van der Waals surface area contributed by atoms with Crippen LogP contribution in [0.5, 0.6) is 11.5 Å². The van der Waals surface area contributed by atoms with E-state index in [2.05, 4.69) is 5.32 Å². The lowest BCUT2D eigenvalue weighted by atomic mass is 10.1.